The number of hydrogen-bond donors (Lipinski definition) is 1. The maximum absolute atomic E-state index is 12.9. The van der Waals surface area contributed by atoms with Crippen molar-refractivity contribution in [1.82, 2.24) is 0 Å². The van der Waals surface area contributed by atoms with E-state index in [9.17, 15) is 19.0 Å². The van der Waals surface area contributed by atoms with Crippen molar-refractivity contribution in [2.45, 2.75) is 290 Å². The molecule has 0 aromatic rings. The summed E-state index contributed by atoms with van der Waals surface area (Å²) in [7, 11) is 1.46. The third kappa shape index (κ3) is 71.0. The smallest absolute Gasteiger partial charge is 0.462 e. The van der Waals surface area contributed by atoms with Crippen LogP contribution < -0.4 is 0 Å². The molecule has 0 heterocycles. The maximum Gasteiger partial charge on any atom is 0.472 e. The number of unbranched alkanes of at least 4 members (excludes halogenated alkanes) is 26. The van der Waals surface area contributed by atoms with E-state index in [0.717, 1.165) is 116 Å². The fraction of sp³-hybridized carbons (Fsp3) is 0.667. The van der Waals surface area contributed by atoms with Gasteiger partial charge in [-0.3, -0.25) is 18.6 Å². The fourth-order valence-corrected chi connectivity index (χ4v) is 10.2. The highest BCUT2D eigenvalue weighted by Crippen LogP contribution is 2.43. The number of esters is 2. The van der Waals surface area contributed by atoms with Gasteiger partial charge in [0.1, 0.15) is 19.8 Å². The first-order valence-corrected chi connectivity index (χ1v) is 37.1. The lowest BCUT2D eigenvalue weighted by atomic mass is 10.0. The molecule has 0 aliphatic carbocycles. The van der Waals surface area contributed by atoms with Crippen LogP contribution in [-0.4, -0.2) is 74.9 Å². The van der Waals surface area contributed by atoms with Gasteiger partial charge in [-0.25, -0.2) is 4.57 Å². The Labute approximate surface area is 542 Å². The Kier molecular flexibility index (Phi) is 64.1. The molecule has 0 rings (SSSR count). The van der Waals surface area contributed by atoms with Gasteiger partial charge in [0, 0.05) is 12.8 Å². The largest absolute Gasteiger partial charge is 0.472 e. The molecule has 88 heavy (non-hydrogen) atoms. The van der Waals surface area contributed by atoms with Crippen LogP contribution in [0.3, 0.4) is 0 Å². The number of carbonyl (C=O) groups excluding carboxylic acids is 2. The molecule has 0 fully saturated rings. The van der Waals surface area contributed by atoms with E-state index in [1.165, 1.54) is 135 Å². The molecule has 0 aliphatic heterocycles. The second-order valence-corrected chi connectivity index (χ2v) is 26.0. The van der Waals surface area contributed by atoms with Crippen molar-refractivity contribution < 1.29 is 42.1 Å². The van der Waals surface area contributed by atoms with Crippen LogP contribution in [-0.2, 0) is 32.7 Å². The summed E-state index contributed by atoms with van der Waals surface area (Å²) in [4.78, 5) is 35.9. The number of carbonyl (C=O) groups is 2. The highest BCUT2D eigenvalue weighted by molar-refractivity contribution is 7.47. The Balaban J connectivity index is 4.10. The molecule has 0 aliphatic rings. The lowest BCUT2D eigenvalue weighted by Crippen LogP contribution is -2.37. The number of nitrogens with zero attached hydrogens (tertiary/aromatic N) is 1. The maximum atomic E-state index is 12.9. The average molecular weight is 1240 g/mol. The van der Waals surface area contributed by atoms with E-state index in [1.54, 1.807) is 0 Å². The summed E-state index contributed by atoms with van der Waals surface area (Å²) in [6, 6.07) is 0. The van der Waals surface area contributed by atoms with Crippen molar-refractivity contribution in [1.29, 1.82) is 0 Å². The van der Waals surface area contributed by atoms with E-state index in [2.05, 4.69) is 160 Å². The Hall–Kier alpha value is -4.11. The van der Waals surface area contributed by atoms with Crippen LogP contribution in [0.1, 0.15) is 284 Å². The predicted molar refractivity (Wildman–Crippen MR) is 380 cm³/mol. The van der Waals surface area contributed by atoms with Crippen LogP contribution in [0, 0.1) is 0 Å². The van der Waals surface area contributed by atoms with Crippen LogP contribution in [0.4, 0.5) is 0 Å². The van der Waals surface area contributed by atoms with Gasteiger partial charge < -0.3 is 18.9 Å². The monoisotopic (exact) mass is 1240 g/mol. The highest BCUT2D eigenvalue weighted by Gasteiger charge is 2.27. The molecule has 10 heteroatoms. The molecule has 0 amide bonds. The first kappa shape index (κ1) is 83.9. The molecule has 0 aromatic heterocycles. The second-order valence-electron chi connectivity index (χ2n) is 24.5. The van der Waals surface area contributed by atoms with Gasteiger partial charge in [0.2, 0.25) is 0 Å². The summed E-state index contributed by atoms with van der Waals surface area (Å²) < 4.78 is 34.7. The average Bonchev–Trinajstić information content (AvgIpc) is 3.68. The van der Waals surface area contributed by atoms with E-state index in [4.69, 9.17) is 18.5 Å². The molecule has 0 radical (unpaired) electrons. The van der Waals surface area contributed by atoms with Crippen molar-refractivity contribution in [3.63, 3.8) is 0 Å². The van der Waals surface area contributed by atoms with E-state index < -0.39 is 26.5 Å². The number of phosphoric ester groups is 1. The summed E-state index contributed by atoms with van der Waals surface area (Å²) >= 11 is 0. The van der Waals surface area contributed by atoms with Crippen molar-refractivity contribution in [3.05, 3.63) is 146 Å². The molecule has 0 bridgehead atoms. The molecular formula is C78H133NO8P+. The van der Waals surface area contributed by atoms with Gasteiger partial charge in [0.15, 0.2) is 6.10 Å². The van der Waals surface area contributed by atoms with Crippen LogP contribution in [0.2, 0.25) is 0 Å². The number of hydrogen-bond acceptors (Lipinski definition) is 7. The van der Waals surface area contributed by atoms with Crippen LogP contribution >= 0.6 is 7.82 Å². The molecule has 2 atom stereocenters. The van der Waals surface area contributed by atoms with Crippen LogP contribution in [0.15, 0.2) is 146 Å². The van der Waals surface area contributed by atoms with Crippen molar-refractivity contribution in [2.75, 3.05) is 47.5 Å². The minimum Gasteiger partial charge on any atom is -0.462 e. The summed E-state index contributed by atoms with van der Waals surface area (Å²) in [5.41, 5.74) is 0. The minimum absolute atomic E-state index is 0.0242. The minimum atomic E-state index is -4.40. The summed E-state index contributed by atoms with van der Waals surface area (Å²) in [5, 5.41) is 0. The molecule has 0 saturated heterocycles. The number of likely N-dealkylation sites (N-methyl/N-ethyl adjacent to an activating group) is 1. The van der Waals surface area contributed by atoms with Gasteiger partial charge >= 0.3 is 19.8 Å². The Morgan fingerprint density at radius 3 is 0.966 bits per heavy atom. The Morgan fingerprint density at radius 1 is 0.364 bits per heavy atom. The summed E-state index contributed by atoms with van der Waals surface area (Å²) in [6.45, 7) is 4.31. The number of quaternary nitrogens is 1. The van der Waals surface area contributed by atoms with Gasteiger partial charge in [-0.2, -0.15) is 0 Å². The number of phosphoric acid groups is 1. The zero-order valence-corrected chi connectivity index (χ0v) is 58.1. The van der Waals surface area contributed by atoms with Gasteiger partial charge in [-0.1, -0.05) is 295 Å². The van der Waals surface area contributed by atoms with Crippen molar-refractivity contribution >= 4 is 19.8 Å². The molecule has 1 N–H and O–H groups in total. The van der Waals surface area contributed by atoms with E-state index in [0.29, 0.717) is 17.4 Å². The van der Waals surface area contributed by atoms with Gasteiger partial charge in [0.25, 0.3) is 0 Å². The first-order valence-electron chi connectivity index (χ1n) is 35.6. The van der Waals surface area contributed by atoms with E-state index in [1.807, 2.05) is 21.1 Å². The molecule has 0 spiro atoms. The van der Waals surface area contributed by atoms with Crippen LogP contribution in [0.5, 0.6) is 0 Å². The molecule has 2 unspecified atom stereocenters. The van der Waals surface area contributed by atoms with Gasteiger partial charge in [-0.15, -0.1) is 0 Å². The molecule has 0 aromatic carbocycles. The summed E-state index contributed by atoms with van der Waals surface area (Å²) in [6.07, 6.45) is 99.4. The number of allylic oxidation sites excluding steroid dienone is 24. The van der Waals surface area contributed by atoms with Crippen LogP contribution in [0.25, 0.3) is 0 Å². The Bertz CT molecular complexity index is 2000. The number of ether oxygens (including phenoxy) is 2. The quantitative estimate of drug-likeness (QED) is 0.0211. The highest BCUT2D eigenvalue weighted by atomic mass is 31.2. The zero-order chi connectivity index (χ0) is 64.1. The van der Waals surface area contributed by atoms with Crippen molar-refractivity contribution in [3.8, 4) is 0 Å². The normalized spacial score (nSPS) is 14.0. The molecule has 9 nitrogen and oxygen atoms in total. The van der Waals surface area contributed by atoms with Gasteiger partial charge in [-0.05, 0) is 122 Å². The predicted octanol–water partition coefficient (Wildman–Crippen LogP) is 23.4. The zero-order valence-electron chi connectivity index (χ0n) is 57.2. The molecular weight excluding hydrogens is 1110 g/mol. The fourth-order valence-electron chi connectivity index (χ4n) is 9.43. The first-order chi connectivity index (χ1) is 43.0. The third-order valence-corrected chi connectivity index (χ3v) is 15.8. The number of rotatable bonds is 64. The molecule has 502 valence electrons. The Morgan fingerprint density at radius 2 is 0.648 bits per heavy atom. The standard InChI is InChI=1S/C78H132NO8P/c1-6-8-10-12-14-16-18-20-22-24-26-28-30-32-33-34-35-36-37-38-39-40-41-42-43-44-45-47-49-51-53-55-57-59-61-63-65-67-69-71-78(81)87-76(75-86-88(82,83)85-73-72-79(3,4)5)74-84-77(80)70-68-66-64-62-60-58-56-54-52-50-48-46-31-29-27-25-23-21-19-17-15-13-11-9-7-2/h8,10,14,16,19-22,25-28,31-33,35-36,38-39,41-42,44-46,76H,6-7,9,11-13,15,17-18,23-24,29-30,34,37,40,43,47-75H2,1-5H3/p+1/b10-8-,16-14-,21-19-,22-20-,27-25-,28-26-,33-32-,36-35-,39-38-,42-41-,45-44-,46-31-. The third-order valence-electron chi connectivity index (χ3n) is 14.9. The van der Waals surface area contributed by atoms with Crippen molar-refractivity contribution in [2.24, 2.45) is 0 Å². The van der Waals surface area contributed by atoms with E-state index in [-0.39, 0.29) is 32.0 Å². The van der Waals surface area contributed by atoms with Gasteiger partial charge in [0.05, 0.1) is 27.7 Å². The lowest BCUT2D eigenvalue weighted by Gasteiger charge is -2.24. The second kappa shape index (κ2) is 67.3. The lowest BCUT2D eigenvalue weighted by molar-refractivity contribution is -0.870. The summed E-state index contributed by atoms with van der Waals surface area (Å²) in [5.74, 6) is -0.808. The SMILES string of the molecule is CC/C=C\C/C=C\C/C=C\C/C=C\C/C=C\C/C=C\C/C=C\C/C=C\C/C=C\CCCCCCCCCCCCCC(=O)OC(COC(=O)CCCCCCCCCCCC/C=C\C/C=C\C/C=C\CCCCCCC)COP(=O)(O)OCC[N+](C)(C)C. The topological polar surface area (TPSA) is 108 Å². The molecule has 0 saturated carbocycles. The van der Waals surface area contributed by atoms with E-state index >= 15 is 0 Å².